The van der Waals surface area contributed by atoms with Crippen LogP contribution in [0.3, 0.4) is 0 Å². The molecule has 2 rings (SSSR count). The lowest BCUT2D eigenvalue weighted by atomic mass is 10.1. The van der Waals surface area contributed by atoms with E-state index in [0.717, 1.165) is 34.9 Å². The van der Waals surface area contributed by atoms with E-state index in [2.05, 4.69) is 34.7 Å². The molecule has 1 aromatic heterocycles. The van der Waals surface area contributed by atoms with Gasteiger partial charge in [-0.25, -0.2) is 9.38 Å². The second kappa shape index (κ2) is 13.1. The number of hydrogen-bond donors (Lipinski definition) is 2. The molecule has 1 unspecified atom stereocenters. The molecule has 0 saturated heterocycles. The number of guanidine groups is 1. The van der Waals surface area contributed by atoms with E-state index in [1.807, 2.05) is 43.4 Å². The molecule has 1 aromatic carbocycles. The van der Waals surface area contributed by atoms with E-state index >= 15 is 0 Å². The molecule has 0 fully saturated rings. The highest BCUT2D eigenvalue weighted by atomic mass is 127. The van der Waals surface area contributed by atoms with Gasteiger partial charge >= 0.3 is 0 Å². The summed E-state index contributed by atoms with van der Waals surface area (Å²) in [6.45, 7) is 4.02. The van der Waals surface area contributed by atoms with E-state index in [-0.39, 0.29) is 35.8 Å². The van der Waals surface area contributed by atoms with Crippen molar-refractivity contribution in [1.82, 2.24) is 25.3 Å². The van der Waals surface area contributed by atoms with Crippen LogP contribution in [-0.4, -0.2) is 54.1 Å². The minimum atomic E-state index is -0.202. The molecule has 0 amide bonds. The Balaban J connectivity index is 0.00000420. The number of thioether (sulfide) groups is 1. The van der Waals surface area contributed by atoms with Crippen molar-refractivity contribution in [2.24, 2.45) is 12.0 Å². The van der Waals surface area contributed by atoms with Crippen LogP contribution in [0.5, 0.6) is 0 Å². The molecule has 0 spiro atoms. The first kappa shape index (κ1) is 25.7. The molecular formula is C20H32FIN6S. The molecule has 0 aliphatic rings. The molecule has 9 heteroatoms. The SMILES string of the molecule is CCNC(=NCc1ccc(F)cc1CSC)NCC(c1cnn(C)c1)N(C)C.I. The van der Waals surface area contributed by atoms with Crippen LogP contribution in [-0.2, 0) is 19.3 Å². The highest BCUT2D eigenvalue weighted by Crippen LogP contribution is 2.18. The molecule has 2 N–H and O–H groups in total. The number of aromatic nitrogens is 2. The third-order valence-corrected chi connectivity index (χ3v) is 5.02. The maximum Gasteiger partial charge on any atom is 0.191 e. The maximum atomic E-state index is 13.6. The highest BCUT2D eigenvalue weighted by molar-refractivity contribution is 14.0. The van der Waals surface area contributed by atoms with E-state index in [4.69, 9.17) is 4.99 Å². The number of hydrogen-bond acceptors (Lipinski definition) is 4. The van der Waals surface area contributed by atoms with Crippen LogP contribution in [0.25, 0.3) is 0 Å². The van der Waals surface area contributed by atoms with Gasteiger partial charge in [0, 0.05) is 37.7 Å². The van der Waals surface area contributed by atoms with Crippen molar-refractivity contribution in [1.29, 1.82) is 0 Å². The van der Waals surface area contributed by atoms with Gasteiger partial charge in [-0.2, -0.15) is 16.9 Å². The minimum Gasteiger partial charge on any atom is -0.357 e. The summed E-state index contributed by atoms with van der Waals surface area (Å²) in [5, 5.41) is 11.0. The lowest BCUT2D eigenvalue weighted by Gasteiger charge is -2.24. The number of halogens is 2. The number of aliphatic imine (C=N–C) groups is 1. The third kappa shape index (κ3) is 8.13. The first-order valence-electron chi connectivity index (χ1n) is 9.38. The molecule has 0 bridgehead atoms. The summed E-state index contributed by atoms with van der Waals surface area (Å²) in [5.74, 6) is 1.32. The van der Waals surface area contributed by atoms with Crippen LogP contribution in [0.2, 0.25) is 0 Å². The Morgan fingerprint density at radius 1 is 1.31 bits per heavy atom. The predicted octanol–water partition coefficient (Wildman–Crippen LogP) is 3.40. The molecule has 0 aliphatic heterocycles. The van der Waals surface area contributed by atoms with Gasteiger partial charge in [0.2, 0.25) is 0 Å². The maximum absolute atomic E-state index is 13.6. The van der Waals surface area contributed by atoms with Crippen molar-refractivity contribution in [2.75, 3.05) is 33.4 Å². The van der Waals surface area contributed by atoms with Gasteiger partial charge in [0.15, 0.2) is 5.96 Å². The number of aryl methyl sites for hydroxylation is 1. The Bertz CT molecular complexity index is 780. The largest absolute Gasteiger partial charge is 0.357 e. The summed E-state index contributed by atoms with van der Waals surface area (Å²) in [4.78, 5) is 6.87. The fraction of sp³-hybridized carbons (Fsp3) is 0.500. The predicted molar refractivity (Wildman–Crippen MR) is 131 cm³/mol. The van der Waals surface area contributed by atoms with E-state index in [1.54, 1.807) is 17.8 Å². The molecule has 1 atom stereocenters. The molecule has 2 aromatic rings. The normalized spacial score (nSPS) is 12.6. The zero-order valence-corrected chi connectivity index (χ0v) is 20.9. The van der Waals surface area contributed by atoms with Gasteiger partial charge in [0.25, 0.3) is 0 Å². The van der Waals surface area contributed by atoms with Gasteiger partial charge in [0.1, 0.15) is 5.82 Å². The average Bonchev–Trinajstić information content (AvgIpc) is 3.07. The lowest BCUT2D eigenvalue weighted by molar-refractivity contribution is 0.298. The lowest BCUT2D eigenvalue weighted by Crippen LogP contribution is -2.41. The summed E-state index contributed by atoms with van der Waals surface area (Å²) in [7, 11) is 6.03. The summed E-state index contributed by atoms with van der Waals surface area (Å²) >= 11 is 1.68. The number of likely N-dealkylation sites (N-methyl/N-ethyl adjacent to an activating group) is 1. The quantitative estimate of drug-likeness (QED) is 0.294. The van der Waals surface area contributed by atoms with Gasteiger partial charge in [-0.15, -0.1) is 24.0 Å². The summed E-state index contributed by atoms with van der Waals surface area (Å²) in [6, 6.07) is 5.10. The second-order valence-electron chi connectivity index (χ2n) is 6.85. The van der Waals surface area contributed by atoms with Gasteiger partial charge in [-0.1, -0.05) is 6.07 Å². The number of benzene rings is 1. The van der Waals surface area contributed by atoms with Crippen LogP contribution in [0, 0.1) is 5.82 Å². The molecule has 0 saturated carbocycles. The van der Waals surface area contributed by atoms with Crippen LogP contribution < -0.4 is 10.6 Å². The number of nitrogens with one attached hydrogen (secondary N) is 2. The summed E-state index contributed by atoms with van der Waals surface area (Å²) < 4.78 is 15.4. The molecule has 1 heterocycles. The smallest absolute Gasteiger partial charge is 0.191 e. The topological polar surface area (TPSA) is 57.5 Å². The van der Waals surface area contributed by atoms with Gasteiger partial charge in [-0.05, 0) is 50.5 Å². The fourth-order valence-corrected chi connectivity index (χ4v) is 3.53. The van der Waals surface area contributed by atoms with Crippen molar-refractivity contribution in [3.63, 3.8) is 0 Å². The van der Waals surface area contributed by atoms with Gasteiger partial charge in [0.05, 0.1) is 18.8 Å². The van der Waals surface area contributed by atoms with Crippen molar-refractivity contribution < 1.29 is 4.39 Å². The Morgan fingerprint density at radius 3 is 2.66 bits per heavy atom. The molecule has 0 aliphatic carbocycles. The third-order valence-electron chi connectivity index (χ3n) is 4.42. The Labute approximate surface area is 194 Å². The van der Waals surface area contributed by atoms with Crippen LogP contribution in [0.4, 0.5) is 4.39 Å². The monoisotopic (exact) mass is 534 g/mol. The number of nitrogens with zero attached hydrogens (tertiary/aromatic N) is 4. The van der Waals surface area contributed by atoms with Gasteiger partial charge in [-0.3, -0.25) is 4.68 Å². The highest BCUT2D eigenvalue weighted by Gasteiger charge is 2.16. The van der Waals surface area contributed by atoms with Crippen molar-refractivity contribution in [3.8, 4) is 0 Å². The van der Waals surface area contributed by atoms with E-state index in [0.29, 0.717) is 13.1 Å². The average molecular weight is 534 g/mol. The zero-order valence-electron chi connectivity index (χ0n) is 17.8. The molecule has 29 heavy (non-hydrogen) atoms. The Kier molecular flexibility index (Phi) is 11.6. The Hall–Kier alpha value is -1.33. The summed E-state index contributed by atoms with van der Waals surface area (Å²) in [5.41, 5.74) is 3.19. The van der Waals surface area contributed by atoms with E-state index in [9.17, 15) is 4.39 Å². The first-order chi connectivity index (χ1) is 13.4. The molecule has 162 valence electrons. The molecule has 6 nitrogen and oxygen atoms in total. The second-order valence-corrected chi connectivity index (χ2v) is 7.71. The van der Waals surface area contributed by atoms with Crippen LogP contribution in [0.15, 0.2) is 35.6 Å². The molecule has 0 radical (unpaired) electrons. The van der Waals surface area contributed by atoms with Crippen LogP contribution >= 0.6 is 35.7 Å². The van der Waals surface area contributed by atoms with Gasteiger partial charge < -0.3 is 15.5 Å². The zero-order chi connectivity index (χ0) is 20.5. The summed E-state index contributed by atoms with van der Waals surface area (Å²) in [6.07, 6.45) is 5.94. The van der Waals surface area contributed by atoms with Crippen molar-refractivity contribution >= 4 is 41.7 Å². The number of rotatable bonds is 9. The minimum absolute atomic E-state index is 0. The molecular weight excluding hydrogens is 502 g/mol. The van der Waals surface area contributed by atoms with Crippen molar-refractivity contribution in [2.45, 2.75) is 25.3 Å². The van der Waals surface area contributed by atoms with E-state index in [1.165, 1.54) is 6.07 Å². The van der Waals surface area contributed by atoms with Crippen LogP contribution in [0.1, 0.15) is 29.7 Å². The van der Waals surface area contributed by atoms with E-state index < -0.39 is 0 Å². The first-order valence-corrected chi connectivity index (χ1v) is 10.8. The fourth-order valence-electron chi connectivity index (χ4n) is 2.95. The Morgan fingerprint density at radius 2 is 2.07 bits per heavy atom. The standard InChI is InChI=1S/C20H31FN6S.HI/c1-6-22-20(23-10-15-7-8-18(21)9-16(15)14-28-5)24-12-19(26(2)3)17-11-25-27(4)13-17;/h7-9,11,13,19H,6,10,12,14H2,1-5H3,(H2,22,23,24);1H. The van der Waals surface area contributed by atoms with Crippen molar-refractivity contribution in [3.05, 3.63) is 53.1 Å².